The summed E-state index contributed by atoms with van der Waals surface area (Å²) < 4.78 is 9.95. The summed E-state index contributed by atoms with van der Waals surface area (Å²) in [6, 6.07) is 4.81. The van der Waals surface area contributed by atoms with Crippen molar-refractivity contribution in [2.24, 2.45) is 5.73 Å². The van der Waals surface area contributed by atoms with E-state index in [0.717, 1.165) is 5.56 Å². The van der Waals surface area contributed by atoms with Crippen molar-refractivity contribution >= 4 is 23.5 Å². The number of aryl methyl sites for hydroxylation is 1. The predicted octanol–water partition coefficient (Wildman–Crippen LogP) is 1.23. The van der Waals surface area contributed by atoms with Crippen molar-refractivity contribution in [3.05, 3.63) is 41.1 Å². The number of primary amides is 1. The molecule has 0 spiro atoms. The molecule has 0 saturated carbocycles. The van der Waals surface area contributed by atoms with Crippen molar-refractivity contribution in [2.75, 3.05) is 5.32 Å². The Labute approximate surface area is 127 Å². The van der Waals surface area contributed by atoms with Gasteiger partial charge in [-0.05, 0) is 24.6 Å². The van der Waals surface area contributed by atoms with Gasteiger partial charge in [0.15, 0.2) is 5.57 Å². The van der Waals surface area contributed by atoms with E-state index in [1.165, 1.54) is 26.1 Å². The normalized spacial score (nSPS) is 16.6. The zero-order valence-electron chi connectivity index (χ0n) is 12.4. The molecule has 1 aromatic rings. The molecule has 1 heterocycles. The van der Waals surface area contributed by atoms with E-state index in [2.05, 4.69) is 5.32 Å². The molecule has 3 N–H and O–H groups in total. The second kappa shape index (κ2) is 5.51. The van der Waals surface area contributed by atoms with Gasteiger partial charge in [0, 0.05) is 31.3 Å². The first-order valence-corrected chi connectivity index (χ1v) is 6.53. The third kappa shape index (κ3) is 3.25. The fourth-order valence-corrected chi connectivity index (χ4v) is 1.86. The SMILES string of the molecule is Cc1ccc(C(N)=O)cc1NC=C1C(=O)OC(C)(C)OC1=O. The number of carbonyl (C=O) groups excluding carboxylic acids is 3. The molecule has 0 radical (unpaired) electrons. The molecule has 0 atom stereocenters. The van der Waals surface area contributed by atoms with Gasteiger partial charge in [0.2, 0.25) is 5.91 Å². The summed E-state index contributed by atoms with van der Waals surface area (Å²) in [6.45, 7) is 4.73. The Bertz CT molecular complexity index is 669. The highest BCUT2D eigenvalue weighted by molar-refractivity contribution is 6.15. The third-order valence-corrected chi connectivity index (χ3v) is 3.01. The van der Waals surface area contributed by atoms with Crippen LogP contribution in [0.3, 0.4) is 0 Å². The van der Waals surface area contributed by atoms with E-state index >= 15 is 0 Å². The summed E-state index contributed by atoms with van der Waals surface area (Å²) in [7, 11) is 0. The van der Waals surface area contributed by atoms with Crippen LogP contribution in [0.15, 0.2) is 30.0 Å². The number of hydrogen-bond acceptors (Lipinski definition) is 6. The van der Waals surface area contributed by atoms with Crippen LogP contribution in [-0.4, -0.2) is 23.6 Å². The molecule has 1 aliphatic heterocycles. The van der Waals surface area contributed by atoms with E-state index in [0.29, 0.717) is 11.3 Å². The van der Waals surface area contributed by atoms with E-state index in [9.17, 15) is 14.4 Å². The lowest BCUT2D eigenvalue weighted by Gasteiger charge is -2.29. The quantitative estimate of drug-likeness (QED) is 0.494. The van der Waals surface area contributed by atoms with Crippen LogP contribution in [0.1, 0.15) is 29.8 Å². The number of anilines is 1. The van der Waals surface area contributed by atoms with Crippen LogP contribution in [0.2, 0.25) is 0 Å². The Morgan fingerprint density at radius 3 is 2.36 bits per heavy atom. The van der Waals surface area contributed by atoms with Crippen molar-refractivity contribution in [3.63, 3.8) is 0 Å². The number of ether oxygens (including phenoxy) is 2. The van der Waals surface area contributed by atoms with E-state index in [1.54, 1.807) is 19.1 Å². The lowest BCUT2D eigenvalue weighted by Crippen LogP contribution is -2.42. The van der Waals surface area contributed by atoms with Crippen molar-refractivity contribution < 1.29 is 23.9 Å². The number of esters is 2. The fourth-order valence-electron chi connectivity index (χ4n) is 1.86. The number of rotatable bonds is 3. The van der Waals surface area contributed by atoms with Gasteiger partial charge in [-0.25, -0.2) is 9.59 Å². The maximum absolute atomic E-state index is 11.8. The number of nitrogens with one attached hydrogen (secondary N) is 1. The molecule has 116 valence electrons. The molecule has 1 amide bonds. The number of hydrogen-bond donors (Lipinski definition) is 2. The van der Waals surface area contributed by atoms with Crippen molar-refractivity contribution in [3.8, 4) is 0 Å². The molecule has 7 nitrogen and oxygen atoms in total. The minimum atomic E-state index is -1.28. The van der Waals surface area contributed by atoms with Gasteiger partial charge in [0.05, 0.1) is 0 Å². The highest BCUT2D eigenvalue weighted by atomic mass is 16.7. The number of amides is 1. The lowest BCUT2D eigenvalue weighted by molar-refractivity contribution is -0.222. The molecule has 7 heteroatoms. The highest BCUT2D eigenvalue weighted by Gasteiger charge is 2.38. The molecule has 2 rings (SSSR count). The third-order valence-electron chi connectivity index (χ3n) is 3.01. The molecular formula is C15H16N2O5. The molecule has 1 saturated heterocycles. The van der Waals surface area contributed by atoms with E-state index in [4.69, 9.17) is 15.2 Å². The Hall–Kier alpha value is -2.83. The molecule has 1 fully saturated rings. The first kappa shape index (κ1) is 15.6. The monoisotopic (exact) mass is 304 g/mol. The molecule has 0 aliphatic carbocycles. The maximum Gasteiger partial charge on any atom is 0.350 e. The molecule has 0 unspecified atom stereocenters. The molecular weight excluding hydrogens is 288 g/mol. The van der Waals surface area contributed by atoms with Crippen LogP contribution in [-0.2, 0) is 19.1 Å². The first-order valence-electron chi connectivity index (χ1n) is 6.53. The minimum Gasteiger partial charge on any atom is -0.419 e. The van der Waals surface area contributed by atoms with Gasteiger partial charge in [-0.1, -0.05) is 6.07 Å². The standard InChI is InChI=1S/C15H16N2O5/c1-8-4-5-9(12(16)18)6-11(8)17-7-10-13(19)21-15(2,3)22-14(10)20/h4-7,17H,1-3H3,(H2,16,18). The summed E-state index contributed by atoms with van der Waals surface area (Å²) in [5.41, 5.74) is 6.60. The van der Waals surface area contributed by atoms with E-state index in [1.807, 2.05) is 0 Å². The summed E-state index contributed by atoms with van der Waals surface area (Å²) in [6.07, 6.45) is 1.19. The fraction of sp³-hybridized carbons (Fsp3) is 0.267. The van der Waals surface area contributed by atoms with Crippen molar-refractivity contribution in [1.82, 2.24) is 0 Å². The number of carbonyl (C=O) groups is 3. The van der Waals surface area contributed by atoms with Crippen LogP contribution in [0.4, 0.5) is 5.69 Å². The van der Waals surface area contributed by atoms with Crippen molar-refractivity contribution in [1.29, 1.82) is 0 Å². The zero-order valence-corrected chi connectivity index (χ0v) is 12.4. The van der Waals surface area contributed by atoms with Gasteiger partial charge < -0.3 is 20.5 Å². The Morgan fingerprint density at radius 1 is 1.23 bits per heavy atom. The Morgan fingerprint density at radius 2 is 1.82 bits per heavy atom. The average molecular weight is 304 g/mol. The van der Waals surface area contributed by atoms with Crippen LogP contribution < -0.4 is 11.1 Å². The lowest BCUT2D eigenvalue weighted by atomic mass is 10.1. The Kier molecular flexibility index (Phi) is 3.90. The second-order valence-corrected chi connectivity index (χ2v) is 5.28. The smallest absolute Gasteiger partial charge is 0.350 e. The first-order chi connectivity index (χ1) is 10.2. The average Bonchev–Trinajstić information content (AvgIpc) is 2.38. The minimum absolute atomic E-state index is 0.261. The number of benzene rings is 1. The maximum atomic E-state index is 11.8. The molecule has 1 aromatic carbocycles. The van der Waals surface area contributed by atoms with Gasteiger partial charge in [-0.15, -0.1) is 0 Å². The number of cyclic esters (lactones) is 2. The summed E-state index contributed by atoms with van der Waals surface area (Å²) in [4.78, 5) is 34.8. The van der Waals surface area contributed by atoms with Gasteiger partial charge in [-0.3, -0.25) is 4.79 Å². The molecule has 1 aliphatic rings. The summed E-state index contributed by atoms with van der Waals surface area (Å²) >= 11 is 0. The summed E-state index contributed by atoms with van der Waals surface area (Å²) in [5, 5.41) is 2.79. The van der Waals surface area contributed by atoms with E-state index < -0.39 is 23.6 Å². The molecule has 0 bridgehead atoms. The number of nitrogens with two attached hydrogens (primary N) is 1. The Balaban J connectivity index is 2.25. The van der Waals surface area contributed by atoms with Gasteiger partial charge in [0.25, 0.3) is 5.79 Å². The second-order valence-electron chi connectivity index (χ2n) is 5.28. The van der Waals surface area contributed by atoms with Crippen LogP contribution >= 0.6 is 0 Å². The summed E-state index contributed by atoms with van der Waals surface area (Å²) in [5.74, 6) is -3.42. The van der Waals surface area contributed by atoms with E-state index in [-0.39, 0.29) is 5.57 Å². The molecule has 0 aromatic heterocycles. The topological polar surface area (TPSA) is 108 Å². The largest absolute Gasteiger partial charge is 0.419 e. The van der Waals surface area contributed by atoms with Gasteiger partial charge >= 0.3 is 11.9 Å². The van der Waals surface area contributed by atoms with Crippen LogP contribution in [0.5, 0.6) is 0 Å². The van der Waals surface area contributed by atoms with Crippen LogP contribution in [0.25, 0.3) is 0 Å². The predicted molar refractivity (Wildman–Crippen MR) is 77.7 cm³/mol. The van der Waals surface area contributed by atoms with Gasteiger partial charge in [0.1, 0.15) is 0 Å². The molecule has 22 heavy (non-hydrogen) atoms. The zero-order chi connectivity index (χ0) is 16.5. The van der Waals surface area contributed by atoms with Crippen LogP contribution in [0, 0.1) is 6.92 Å². The highest BCUT2D eigenvalue weighted by Crippen LogP contribution is 2.23. The van der Waals surface area contributed by atoms with Crippen molar-refractivity contribution in [2.45, 2.75) is 26.6 Å². The van der Waals surface area contributed by atoms with Gasteiger partial charge in [-0.2, -0.15) is 0 Å².